The third kappa shape index (κ3) is 1.46. The van der Waals surface area contributed by atoms with Crippen LogP contribution in [-0.4, -0.2) is 10.1 Å². The van der Waals surface area contributed by atoms with Crippen molar-refractivity contribution < 1.29 is 4.52 Å². The summed E-state index contributed by atoms with van der Waals surface area (Å²) < 4.78 is 5.01. The number of anilines is 1. The Kier molecular flexibility index (Phi) is 2.18. The number of aryl methyl sites for hydroxylation is 1. The lowest BCUT2D eigenvalue weighted by Gasteiger charge is -2.01. The minimum Gasteiger partial charge on any atom is -0.365 e. The van der Waals surface area contributed by atoms with Gasteiger partial charge in [0.05, 0.1) is 0 Å². The molecule has 1 aromatic heterocycles. The molecule has 72 valence electrons. The number of rotatable bonds is 2. The Bertz CT molecular complexity index is 436. The molecule has 4 nitrogen and oxygen atoms in total. The summed E-state index contributed by atoms with van der Waals surface area (Å²) in [4.78, 5) is 3.99. The zero-order chi connectivity index (χ0) is 9.97. The lowest BCUT2D eigenvalue weighted by molar-refractivity contribution is 0.432. The summed E-state index contributed by atoms with van der Waals surface area (Å²) in [7, 11) is 0. The van der Waals surface area contributed by atoms with Crippen molar-refractivity contribution in [2.45, 2.75) is 13.3 Å². The first-order valence-corrected chi connectivity index (χ1v) is 4.48. The van der Waals surface area contributed by atoms with Crippen LogP contribution < -0.4 is 5.73 Å². The maximum atomic E-state index is 5.39. The summed E-state index contributed by atoms with van der Waals surface area (Å²) in [6.45, 7) is 2.08. The summed E-state index contributed by atoms with van der Waals surface area (Å²) in [5.74, 6) is 0.658. The highest BCUT2D eigenvalue weighted by Gasteiger charge is 2.09. The molecule has 2 N–H and O–H groups in total. The third-order valence-electron chi connectivity index (χ3n) is 2.07. The number of aromatic nitrogens is 2. The van der Waals surface area contributed by atoms with Crippen molar-refractivity contribution >= 4 is 5.95 Å². The summed E-state index contributed by atoms with van der Waals surface area (Å²) in [6, 6.07) is 7.92. The smallest absolute Gasteiger partial charge is 0.261 e. The Morgan fingerprint density at radius 2 is 2.14 bits per heavy atom. The van der Waals surface area contributed by atoms with Gasteiger partial charge in [0.1, 0.15) is 0 Å². The van der Waals surface area contributed by atoms with E-state index in [9.17, 15) is 0 Å². The molecular weight excluding hydrogens is 178 g/mol. The van der Waals surface area contributed by atoms with E-state index in [0.717, 1.165) is 12.0 Å². The monoisotopic (exact) mass is 189 g/mol. The van der Waals surface area contributed by atoms with Crippen LogP contribution in [0.25, 0.3) is 11.5 Å². The molecule has 0 bridgehead atoms. The van der Waals surface area contributed by atoms with E-state index >= 15 is 0 Å². The Morgan fingerprint density at radius 3 is 2.79 bits per heavy atom. The van der Waals surface area contributed by atoms with Crippen LogP contribution in [0.15, 0.2) is 28.8 Å². The normalized spacial score (nSPS) is 10.4. The third-order valence-corrected chi connectivity index (χ3v) is 2.07. The fourth-order valence-corrected chi connectivity index (χ4v) is 1.38. The van der Waals surface area contributed by atoms with Crippen molar-refractivity contribution in [2.75, 3.05) is 5.73 Å². The average Bonchev–Trinajstić information content (AvgIpc) is 2.65. The first kappa shape index (κ1) is 8.74. The molecule has 0 saturated heterocycles. The van der Waals surface area contributed by atoms with E-state index in [4.69, 9.17) is 10.3 Å². The highest BCUT2D eigenvalue weighted by atomic mass is 16.5. The van der Waals surface area contributed by atoms with Crippen LogP contribution >= 0.6 is 0 Å². The molecule has 0 fully saturated rings. The molecule has 1 aromatic carbocycles. The summed E-state index contributed by atoms with van der Waals surface area (Å²) in [5.41, 5.74) is 7.53. The molecule has 0 atom stereocenters. The average molecular weight is 189 g/mol. The fraction of sp³-hybridized carbons (Fsp3) is 0.200. The van der Waals surface area contributed by atoms with Crippen molar-refractivity contribution in [1.82, 2.24) is 10.1 Å². The molecule has 2 rings (SSSR count). The number of hydrogen-bond acceptors (Lipinski definition) is 4. The van der Waals surface area contributed by atoms with Gasteiger partial charge in [-0.25, -0.2) is 0 Å². The second-order valence-corrected chi connectivity index (χ2v) is 2.97. The molecule has 0 aliphatic heterocycles. The SMILES string of the molecule is CCc1ccccc1-c1nc(N)no1. The van der Waals surface area contributed by atoms with Gasteiger partial charge in [0, 0.05) is 5.56 Å². The molecule has 0 saturated carbocycles. The molecule has 0 spiro atoms. The van der Waals surface area contributed by atoms with Gasteiger partial charge in [-0.15, -0.1) is 0 Å². The molecule has 0 unspecified atom stereocenters. The van der Waals surface area contributed by atoms with Crippen LogP contribution in [0.5, 0.6) is 0 Å². The number of nitrogens with zero attached hydrogens (tertiary/aromatic N) is 2. The number of hydrogen-bond donors (Lipinski definition) is 1. The Hall–Kier alpha value is -1.84. The van der Waals surface area contributed by atoms with E-state index in [1.54, 1.807) is 0 Å². The largest absolute Gasteiger partial charge is 0.365 e. The van der Waals surface area contributed by atoms with E-state index in [0.29, 0.717) is 5.89 Å². The van der Waals surface area contributed by atoms with Gasteiger partial charge in [0.15, 0.2) is 0 Å². The molecule has 2 aromatic rings. The molecule has 4 heteroatoms. The summed E-state index contributed by atoms with van der Waals surface area (Å²) in [6.07, 6.45) is 0.929. The summed E-state index contributed by atoms with van der Waals surface area (Å²) >= 11 is 0. The van der Waals surface area contributed by atoms with Gasteiger partial charge in [-0.05, 0) is 23.2 Å². The highest BCUT2D eigenvalue weighted by molar-refractivity contribution is 5.59. The second kappa shape index (κ2) is 3.49. The zero-order valence-corrected chi connectivity index (χ0v) is 7.90. The Labute approximate surface area is 81.7 Å². The first-order chi connectivity index (χ1) is 6.81. The van der Waals surface area contributed by atoms with Gasteiger partial charge in [0.25, 0.3) is 11.8 Å². The number of benzene rings is 1. The van der Waals surface area contributed by atoms with Gasteiger partial charge in [0.2, 0.25) is 0 Å². The lowest BCUT2D eigenvalue weighted by Crippen LogP contribution is -1.88. The molecule has 1 heterocycles. The Balaban J connectivity index is 2.50. The van der Waals surface area contributed by atoms with Crippen LogP contribution in [0, 0.1) is 0 Å². The van der Waals surface area contributed by atoms with Crippen molar-refractivity contribution in [3.63, 3.8) is 0 Å². The summed E-state index contributed by atoms with van der Waals surface area (Å²) in [5, 5.41) is 3.56. The molecule has 0 amide bonds. The lowest BCUT2D eigenvalue weighted by atomic mass is 10.1. The van der Waals surface area contributed by atoms with Gasteiger partial charge in [-0.1, -0.05) is 25.1 Å². The first-order valence-electron chi connectivity index (χ1n) is 4.48. The van der Waals surface area contributed by atoms with Gasteiger partial charge < -0.3 is 10.3 Å². The van der Waals surface area contributed by atoms with Crippen LogP contribution in [-0.2, 0) is 6.42 Å². The number of nitrogens with two attached hydrogens (primary N) is 1. The zero-order valence-electron chi connectivity index (χ0n) is 7.90. The number of nitrogen functional groups attached to an aromatic ring is 1. The van der Waals surface area contributed by atoms with E-state index in [2.05, 4.69) is 17.1 Å². The van der Waals surface area contributed by atoms with E-state index < -0.39 is 0 Å². The van der Waals surface area contributed by atoms with Crippen LogP contribution in [0.2, 0.25) is 0 Å². The minimum absolute atomic E-state index is 0.172. The van der Waals surface area contributed by atoms with Gasteiger partial charge >= 0.3 is 0 Å². The van der Waals surface area contributed by atoms with Crippen molar-refractivity contribution in [3.8, 4) is 11.5 Å². The predicted octanol–water partition coefficient (Wildman–Crippen LogP) is 1.88. The van der Waals surface area contributed by atoms with E-state index in [1.807, 2.05) is 24.3 Å². The molecule has 0 radical (unpaired) electrons. The van der Waals surface area contributed by atoms with Gasteiger partial charge in [-0.2, -0.15) is 4.98 Å². The molecular formula is C10H11N3O. The molecule has 0 aliphatic carbocycles. The Morgan fingerprint density at radius 1 is 1.36 bits per heavy atom. The van der Waals surface area contributed by atoms with Crippen molar-refractivity contribution in [1.29, 1.82) is 0 Å². The predicted molar refractivity (Wildman–Crippen MR) is 53.5 cm³/mol. The quantitative estimate of drug-likeness (QED) is 0.783. The molecule has 0 aliphatic rings. The second-order valence-electron chi connectivity index (χ2n) is 2.97. The minimum atomic E-state index is 0.172. The maximum Gasteiger partial charge on any atom is 0.261 e. The van der Waals surface area contributed by atoms with E-state index in [1.165, 1.54) is 5.56 Å². The van der Waals surface area contributed by atoms with Crippen molar-refractivity contribution in [2.24, 2.45) is 0 Å². The standard InChI is InChI=1S/C10H11N3O/c1-2-7-5-3-4-6-8(7)9-12-10(11)13-14-9/h3-6H,2H2,1H3,(H2,11,13). The van der Waals surface area contributed by atoms with E-state index in [-0.39, 0.29) is 5.95 Å². The molecule has 14 heavy (non-hydrogen) atoms. The topological polar surface area (TPSA) is 64.9 Å². The van der Waals surface area contributed by atoms with Gasteiger partial charge in [-0.3, -0.25) is 0 Å². The van der Waals surface area contributed by atoms with Crippen LogP contribution in [0.3, 0.4) is 0 Å². The van der Waals surface area contributed by atoms with Crippen LogP contribution in [0.1, 0.15) is 12.5 Å². The highest BCUT2D eigenvalue weighted by Crippen LogP contribution is 2.22. The van der Waals surface area contributed by atoms with Crippen molar-refractivity contribution in [3.05, 3.63) is 29.8 Å². The fourth-order valence-electron chi connectivity index (χ4n) is 1.38. The maximum absolute atomic E-state index is 5.39. The van der Waals surface area contributed by atoms with Crippen LogP contribution in [0.4, 0.5) is 5.95 Å².